The molecule has 0 aliphatic rings. The molecule has 0 bridgehead atoms. The molecule has 110 valence electrons. The maximum atomic E-state index is 11.2. The van der Waals surface area contributed by atoms with Crippen molar-refractivity contribution >= 4 is 11.0 Å². The van der Waals surface area contributed by atoms with Crippen molar-refractivity contribution in [2.75, 3.05) is 13.2 Å². The lowest BCUT2D eigenvalue weighted by Gasteiger charge is -2.15. The number of aliphatic hydroxyl groups is 1. The minimum absolute atomic E-state index is 0.171. The third-order valence-electron chi connectivity index (χ3n) is 3.68. The maximum absolute atomic E-state index is 11.2. The molecular formula is C15H23N3O2. The Kier molecular flexibility index (Phi) is 4.98. The summed E-state index contributed by atoms with van der Waals surface area (Å²) >= 11 is 0. The fourth-order valence-corrected chi connectivity index (χ4v) is 2.30. The van der Waals surface area contributed by atoms with E-state index >= 15 is 0 Å². The largest absolute Gasteiger partial charge is 0.396 e. The van der Waals surface area contributed by atoms with Crippen molar-refractivity contribution < 1.29 is 5.11 Å². The van der Waals surface area contributed by atoms with Crippen LogP contribution in [0.3, 0.4) is 0 Å². The summed E-state index contributed by atoms with van der Waals surface area (Å²) < 4.78 is 0. The third-order valence-corrected chi connectivity index (χ3v) is 3.68. The van der Waals surface area contributed by atoms with Gasteiger partial charge in [0, 0.05) is 12.6 Å². The lowest BCUT2D eigenvalue weighted by Crippen LogP contribution is -2.20. The highest BCUT2D eigenvalue weighted by atomic mass is 16.3. The molecule has 0 spiro atoms. The SMILES string of the molecule is CC(CO)CCCNC(C)c1ccc2[nH]c(=O)[nH]c2c1. The van der Waals surface area contributed by atoms with Gasteiger partial charge in [-0.15, -0.1) is 0 Å². The molecule has 0 aliphatic heterocycles. The Morgan fingerprint density at radius 1 is 1.25 bits per heavy atom. The summed E-state index contributed by atoms with van der Waals surface area (Å²) in [6.45, 7) is 5.35. The number of H-pyrrole nitrogens is 2. The minimum Gasteiger partial charge on any atom is -0.396 e. The van der Waals surface area contributed by atoms with Crippen LogP contribution in [0.2, 0.25) is 0 Å². The van der Waals surface area contributed by atoms with E-state index in [-0.39, 0.29) is 18.3 Å². The summed E-state index contributed by atoms with van der Waals surface area (Å²) in [6.07, 6.45) is 2.08. The average molecular weight is 277 g/mol. The number of hydrogen-bond acceptors (Lipinski definition) is 3. The van der Waals surface area contributed by atoms with Gasteiger partial charge in [-0.1, -0.05) is 13.0 Å². The van der Waals surface area contributed by atoms with Crippen LogP contribution in [0.1, 0.15) is 38.3 Å². The standard InChI is InChI=1S/C15H23N3O2/c1-10(9-19)4-3-7-16-11(2)12-5-6-13-14(8-12)18-15(20)17-13/h5-6,8,10-11,16,19H,3-4,7,9H2,1-2H3,(H2,17,18,20). The van der Waals surface area contributed by atoms with Crippen molar-refractivity contribution in [1.82, 2.24) is 15.3 Å². The second kappa shape index (κ2) is 6.72. The van der Waals surface area contributed by atoms with E-state index in [1.807, 2.05) is 18.2 Å². The van der Waals surface area contributed by atoms with Gasteiger partial charge in [-0.3, -0.25) is 0 Å². The summed E-state index contributed by atoms with van der Waals surface area (Å²) in [4.78, 5) is 16.7. The molecule has 0 fully saturated rings. The van der Waals surface area contributed by atoms with E-state index in [0.29, 0.717) is 5.92 Å². The van der Waals surface area contributed by atoms with E-state index in [1.165, 1.54) is 0 Å². The highest BCUT2D eigenvalue weighted by molar-refractivity contribution is 5.75. The molecule has 2 unspecified atom stereocenters. The maximum Gasteiger partial charge on any atom is 0.323 e. The Labute approximate surface area is 118 Å². The second-order valence-corrected chi connectivity index (χ2v) is 5.49. The fraction of sp³-hybridized carbons (Fsp3) is 0.533. The molecule has 0 saturated carbocycles. The predicted octanol–water partition coefficient (Wildman–Crippen LogP) is 1.92. The van der Waals surface area contributed by atoms with E-state index in [2.05, 4.69) is 29.1 Å². The summed E-state index contributed by atoms with van der Waals surface area (Å²) in [5.74, 6) is 0.369. The molecule has 20 heavy (non-hydrogen) atoms. The molecular weight excluding hydrogens is 254 g/mol. The van der Waals surface area contributed by atoms with E-state index in [9.17, 15) is 4.79 Å². The van der Waals surface area contributed by atoms with Crippen LogP contribution in [0.15, 0.2) is 23.0 Å². The molecule has 0 amide bonds. The number of imidazole rings is 1. The number of benzene rings is 1. The molecule has 2 atom stereocenters. The molecule has 0 radical (unpaired) electrons. The summed E-state index contributed by atoms with van der Waals surface area (Å²) in [5.41, 5.74) is 2.66. The van der Waals surface area contributed by atoms with Gasteiger partial charge < -0.3 is 20.4 Å². The second-order valence-electron chi connectivity index (χ2n) is 5.49. The molecule has 1 heterocycles. The Morgan fingerprint density at radius 2 is 2.00 bits per heavy atom. The Morgan fingerprint density at radius 3 is 2.75 bits per heavy atom. The van der Waals surface area contributed by atoms with Gasteiger partial charge in [0.05, 0.1) is 11.0 Å². The van der Waals surface area contributed by atoms with Crippen molar-refractivity contribution in [3.8, 4) is 0 Å². The topological polar surface area (TPSA) is 80.9 Å². The quantitative estimate of drug-likeness (QED) is 0.584. The van der Waals surface area contributed by atoms with E-state index in [1.54, 1.807) is 0 Å². The van der Waals surface area contributed by atoms with E-state index < -0.39 is 0 Å². The smallest absolute Gasteiger partial charge is 0.323 e. The summed E-state index contributed by atoms with van der Waals surface area (Å²) in [5, 5.41) is 12.4. The number of nitrogens with one attached hydrogen (secondary N) is 3. The van der Waals surface area contributed by atoms with Crippen molar-refractivity contribution in [3.63, 3.8) is 0 Å². The molecule has 4 N–H and O–H groups in total. The van der Waals surface area contributed by atoms with Crippen LogP contribution >= 0.6 is 0 Å². The number of aromatic amines is 2. The Hall–Kier alpha value is -1.59. The van der Waals surface area contributed by atoms with Crippen LogP contribution in [0.25, 0.3) is 11.0 Å². The van der Waals surface area contributed by atoms with Crippen LogP contribution in [-0.2, 0) is 0 Å². The Balaban J connectivity index is 1.90. The van der Waals surface area contributed by atoms with E-state index in [0.717, 1.165) is 36.0 Å². The molecule has 5 nitrogen and oxygen atoms in total. The van der Waals surface area contributed by atoms with Gasteiger partial charge in [-0.05, 0) is 49.9 Å². The van der Waals surface area contributed by atoms with Crippen molar-refractivity contribution in [3.05, 3.63) is 34.2 Å². The highest BCUT2D eigenvalue weighted by Crippen LogP contribution is 2.17. The number of fused-ring (bicyclic) bond motifs is 1. The molecule has 1 aromatic carbocycles. The van der Waals surface area contributed by atoms with Crippen LogP contribution in [0, 0.1) is 5.92 Å². The predicted molar refractivity (Wildman–Crippen MR) is 80.8 cm³/mol. The van der Waals surface area contributed by atoms with Gasteiger partial charge in [0.2, 0.25) is 0 Å². The molecule has 2 aromatic rings. The lowest BCUT2D eigenvalue weighted by molar-refractivity contribution is 0.227. The first-order valence-electron chi connectivity index (χ1n) is 7.16. The molecule has 2 rings (SSSR count). The first kappa shape index (κ1) is 14.8. The van der Waals surface area contributed by atoms with Crippen LogP contribution < -0.4 is 11.0 Å². The number of rotatable bonds is 7. The average Bonchev–Trinajstić information content (AvgIpc) is 2.81. The number of aliphatic hydroxyl groups excluding tert-OH is 1. The van der Waals surface area contributed by atoms with E-state index in [4.69, 9.17) is 5.11 Å². The zero-order valence-corrected chi connectivity index (χ0v) is 12.1. The van der Waals surface area contributed by atoms with Gasteiger partial charge in [-0.25, -0.2) is 4.79 Å². The van der Waals surface area contributed by atoms with Crippen molar-refractivity contribution in [2.45, 2.75) is 32.7 Å². The van der Waals surface area contributed by atoms with Gasteiger partial charge in [0.15, 0.2) is 0 Å². The molecule has 1 aromatic heterocycles. The van der Waals surface area contributed by atoms with Gasteiger partial charge >= 0.3 is 5.69 Å². The third kappa shape index (κ3) is 3.71. The fourth-order valence-electron chi connectivity index (χ4n) is 2.30. The molecule has 0 aliphatic carbocycles. The lowest BCUT2D eigenvalue weighted by atomic mass is 10.1. The highest BCUT2D eigenvalue weighted by Gasteiger charge is 2.07. The van der Waals surface area contributed by atoms with Crippen molar-refractivity contribution in [2.24, 2.45) is 5.92 Å². The van der Waals surface area contributed by atoms with Crippen LogP contribution in [0.4, 0.5) is 0 Å². The van der Waals surface area contributed by atoms with Crippen LogP contribution in [0.5, 0.6) is 0 Å². The van der Waals surface area contributed by atoms with Gasteiger partial charge in [0.25, 0.3) is 0 Å². The summed E-state index contributed by atoms with van der Waals surface area (Å²) in [7, 11) is 0. The van der Waals surface area contributed by atoms with Crippen molar-refractivity contribution in [1.29, 1.82) is 0 Å². The normalized spacial score (nSPS) is 14.6. The Bertz CT molecular complexity index is 602. The first-order chi connectivity index (χ1) is 9.60. The monoisotopic (exact) mass is 277 g/mol. The zero-order chi connectivity index (χ0) is 14.5. The number of aromatic nitrogens is 2. The van der Waals surface area contributed by atoms with Gasteiger partial charge in [0.1, 0.15) is 0 Å². The van der Waals surface area contributed by atoms with Crippen LogP contribution in [-0.4, -0.2) is 28.2 Å². The first-order valence-corrected chi connectivity index (χ1v) is 7.16. The zero-order valence-electron chi connectivity index (χ0n) is 12.1. The number of hydrogen-bond donors (Lipinski definition) is 4. The molecule has 0 saturated heterocycles. The molecule has 5 heteroatoms. The minimum atomic E-state index is -0.171. The summed E-state index contributed by atoms with van der Waals surface area (Å²) in [6, 6.07) is 6.19. The van der Waals surface area contributed by atoms with Gasteiger partial charge in [-0.2, -0.15) is 0 Å².